The number of nitrogens with zero attached hydrogens (tertiary/aromatic N) is 1. The van der Waals surface area contributed by atoms with Crippen molar-refractivity contribution >= 4 is 12.2 Å². The first-order valence-corrected chi connectivity index (χ1v) is 6.08. The molecule has 0 aliphatic carbocycles. The number of benzene rings is 1. The van der Waals surface area contributed by atoms with Crippen LogP contribution in [0.4, 0.5) is 0 Å². The number of amides is 1. The van der Waals surface area contributed by atoms with Gasteiger partial charge in [-0.15, -0.1) is 0 Å². The third-order valence-electron chi connectivity index (χ3n) is 3.39. The van der Waals surface area contributed by atoms with Gasteiger partial charge in [-0.3, -0.25) is 4.79 Å². The number of hydrogen-bond donors (Lipinski definition) is 0. The summed E-state index contributed by atoms with van der Waals surface area (Å²) >= 11 is 0. The minimum Gasteiger partial charge on any atom is -0.372 e. The van der Waals surface area contributed by atoms with E-state index < -0.39 is 12.2 Å². The fraction of sp³-hybridized carbons (Fsp3) is 0.429. The summed E-state index contributed by atoms with van der Waals surface area (Å²) in [5.41, 5.74) is 1.01. The van der Waals surface area contributed by atoms with Crippen molar-refractivity contribution < 1.29 is 19.1 Å². The van der Waals surface area contributed by atoms with Crippen molar-refractivity contribution in [2.45, 2.75) is 24.8 Å². The van der Waals surface area contributed by atoms with E-state index in [9.17, 15) is 9.59 Å². The summed E-state index contributed by atoms with van der Waals surface area (Å²) in [4.78, 5) is 24.6. The van der Waals surface area contributed by atoms with Gasteiger partial charge in [-0.25, -0.2) is 0 Å². The molecule has 1 fully saturated rings. The molecule has 1 heterocycles. The van der Waals surface area contributed by atoms with Crippen molar-refractivity contribution in [2.24, 2.45) is 0 Å². The van der Waals surface area contributed by atoms with E-state index >= 15 is 0 Å². The molecular formula is C14H17NO4. The van der Waals surface area contributed by atoms with E-state index in [4.69, 9.17) is 9.47 Å². The summed E-state index contributed by atoms with van der Waals surface area (Å²) in [5, 5.41) is 0. The van der Waals surface area contributed by atoms with E-state index in [1.54, 1.807) is 4.90 Å². The SMILES string of the molecule is CO[C@H](C=O)[C@H]1[C@@H](OC)C(=O)N1Cc1ccccc1. The molecule has 5 nitrogen and oxygen atoms in total. The van der Waals surface area contributed by atoms with Gasteiger partial charge in [0.2, 0.25) is 0 Å². The van der Waals surface area contributed by atoms with Crippen molar-refractivity contribution in [3.63, 3.8) is 0 Å². The van der Waals surface area contributed by atoms with E-state index in [2.05, 4.69) is 0 Å². The summed E-state index contributed by atoms with van der Waals surface area (Å²) in [5.74, 6) is -0.111. The smallest absolute Gasteiger partial charge is 0.254 e. The summed E-state index contributed by atoms with van der Waals surface area (Å²) in [6.45, 7) is 0.456. The first kappa shape index (κ1) is 13.7. The van der Waals surface area contributed by atoms with E-state index in [-0.39, 0.29) is 11.9 Å². The van der Waals surface area contributed by atoms with Crippen LogP contribution in [0, 0.1) is 0 Å². The zero-order valence-corrected chi connectivity index (χ0v) is 11.0. The largest absolute Gasteiger partial charge is 0.372 e. The molecule has 0 N–H and O–H groups in total. The second kappa shape index (κ2) is 5.95. The molecule has 1 aliphatic heterocycles. The van der Waals surface area contributed by atoms with Gasteiger partial charge in [0.15, 0.2) is 12.4 Å². The number of ether oxygens (including phenoxy) is 2. The Bertz CT molecular complexity index is 442. The van der Waals surface area contributed by atoms with Crippen LogP contribution in [-0.2, 0) is 25.6 Å². The van der Waals surface area contributed by atoms with Crippen LogP contribution in [0.2, 0.25) is 0 Å². The summed E-state index contributed by atoms with van der Waals surface area (Å²) in [6, 6.07) is 9.26. The lowest BCUT2D eigenvalue weighted by molar-refractivity contribution is -0.183. The number of β-lactam (4-membered cyclic amide) rings is 1. The lowest BCUT2D eigenvalue weighted by atomic mass is 9.92. The van der Waals surface area contributed by atoms with E-state index in [1.165, 1.54) is 14.2 Å². The van der Waals surface area contributed by atoms with Crippen molar-refractivity contribution in [1.82, 2.24) is 4.90 Å². The highest BCUT2D eigenvalue weighted by molar-refractivity contribution is 5.90. The van der Waals surface area contributed by atoms with Crippen LogP contribution in [0.5, 0.6) is 0 Å². The monoisotopic (exact) mass is 263 g/mol. The number of rotatable bonds is 6. The number of hydrogen-bond acceptors (Lipinski definition) is 4. The Morgan fingerprint density at radius 2 is 2.00 bits per heavy atom. The lowest BCUT2D eigenvalue weighted by Gasteiger charge is -2.47. The summed E-state index contributed by atoms with van der Waals surface area (Å²) in [6.07, 6.45) is -0.550. The summed E-state index contributed by atoms with van der Waals surface area (Å²) in [7, 11) is 2.92. The van der Waals surface area contributed by atoms with Gasteiger partial charge in [0.05, 0.1) is 0 Å². The molecule has 102 valence electrons. The number of carbonyl (C=O) groups excluding carboxylic acids is 2. The average Bonchev–Trinajstić information content (AvgIpc) is 2.46. The molecule has 5 heteroatoms. The Kier molecular flexibility index (Phi) is 4.29. The molecule has 0 unspecified atom stereocenters. The number of carbonyl (C=O) groups is 2. The molecule has 1 amide bonds. The maximum absolute atomic E-state index is 12.0. The van der Waals surface area contributed by atoms with Crippen molar-refractivity contribution in [3.05, 3.63) is 35.9 Å². The Balaban J connectivity index is 2.14. The molecule has 0 spiro atoms. The molecule has 1 aromatic rings. The molecule has 19 heavy (non-hydrogen) atoms. The third kappa shape index (κ3) is 2.52. The van der Waals surface area contributed by atoms with Gasteiger partial charge in [-0.2, -0.15) is 0 Å². The molecule has 1 aliphatic rings. The van der Waals surface area contributed by atoms with Gasteiger partial charge in [0.1, 0.15) is 12.1 Å². The Morgan fingerprint density at radius 1 is 1.32 bits per heavy atom. The third-order valence-corrected chi connectivity index (χ3v) is 3.39. The van der Waals surface area contributed by atoms with Gasteiger partial charge in [0.25, 0.3) is 5.91 Å². The van der Waals surface area contributed by atoms with Crippen LogP contribution in [0.3, 0.4) is 0 Å². The topological polar surface area (TPSA) is 55.8 Å². The highest BCUT2D eigenvalue weighted by Crippen LogP contribution is 2.28. The second-order valence-electron chi connectivity index (χ2n) is 4.44. The maximum Gasteiger partial charge on any atom is 0.254 e. The zero-order valence-electron chi connectivity index (χ0n) is 11.0. The minimum absolute atomic E-state index is 0.111. The normalized spacial score (nSPS) is 23.9. The number of aldehydes is 1. The van der Waals surface area contributed by atoms with Crippen LogP contribution in [0.25, 0.3) is 0 Å². The molecule has 0 saturated carbocycles. The highest BCUT2D eigenvalue weighted by atomic mass is 16.5. The lowest BCUT2D eigenvalue weighted by Crippen LogP contribution is -2.69. The molecular weight excluding hydrogens is 246 g/mol. The van der Waals surface area contributed by atoms with E-state index in [0.717, 1.165) is 5.56 Å². The predicted molar refractivity (Wildman–Crippen MR) is 68.4 cm³/mol. The molecule has 3 atom stereocenters. The Labute approximate surface area is 112 Å². The predicted octanol–water partition coefficient (Wildman–Crippen LogP) is 0.626. The van der Waals surface area contributed by atoms with Crippen molar-refractivity contribution in [2.75, 3.05) is 14.2 Å². The minimum atomic E-state index is -0.661. The first-order chi connectivity index (χ1) is 9.22. The molecule has 1 saturated heterocycles. The quantitative estimate of drug-likeness (QED) is 0.558. The summed E-state index contributed by atoms with van der Waals surface area (Å²) < 4.78 is 10.2. The van der Waals surface area contributed by atoms with E-state index in [1.807, 2.05) is 30.3 Å². The van der Waals surface area contributed by atoms with E-state index in [0.29, 0.717) is 12.8 Å². The highest BCUT2D eigenvalue weighted by Gasteiger charge is 2.51. The van der Waals surface area contributed by atoms with Crippen LogP contribution < -0.4 is 0 Å². The first-order valence-electron chi connectivity index (χ1n) is 6.08. The molecule has 0 radical (unpaired) electrons. The van der Waals surface area contributed by atoms with Gasteiger partial charge < -0.3 is 19.2 Å². The van der Waals surface area contributed by atoms with Crippen LogP contribution in [-0.4, -0.2) is 49.6 Å². The van der Waals surface area contributed by atoms with Crippen LogP contribution in [0.1, 0.15) is 5.56 Å². The van der Waals surface area contributed by atoms with Gasteiger partial charge in [-0.1, -0.05) is 30.3 Å². The fourth-order valence-corrected chi connectivity index (χ4v) is 2.37. The number of methoxy groups -OCH3 is 2. The zero-order chi connectivity index (χ0) is 13.8. The number of likely N-dealkylation sites (tertiary alicyclic amines) is 1. The Morgan fingerprint density at radius 3 is 2.53 bits per heavy atom. The Hall–Kier alpha value is -1.72. The molecule has 1 aromatic carbocycles. The maximum atomic E-state index is 12.0. The molecule has 2 rings (SSSR count). The standard InChI is InChI=1S/C14H17NO4/c1-18-11(9-16)12-13(19-2)14(17)15(12)8-10-6-4-3-5-7-10/h3-7,9,11-13H,8H2,1-2H3/t11-,12+,13-/m1/s1. The van der Waals surface area contributed by atoms with Crippen LogP contribution >= 0.6 is 0 Å². The van der Waals surface area contributed by atoms with Gasteiger partial charge >= 0.3 is 0 Å². The fourth-order valence-electron chi connectivity index (χ4n) is 2.37. The van der Waals surface area contributed by atoms with Crippen LogP contribution in [0.15, 0.2) is 30.3 Å². The average molecular weight is 263 g/mol. The molecule has 0 aromatic heterocycles. The van der Waals surface area contributed by atoms with Gasteiger partial charge in [-0.05, 0) is 5.56 Å². The second-order valence-corrected chi connectivity index (χ2v) is 4.44. The van der Waals surface area contributed by atoms with Crippen molar-refractivity contribution in [3.8, 4) is 0 Å². The molecule has 0 bridgehead atoms. The van der Waals surface area contributed by atoms with Crippen molar-refractivity contribution in [1.29, 1.82) is 0 Å². The van der Waals surface area contributed by atoms with Gasteiger partial charge in [0, 0.05) is 20.8 Å².